The second-order valence-corrected chi connectivity index (χ2v) is 5.49. The lowest BCUT2D eigenvalue weighted by Crippen LogP contribution is -2.35. The van der Waals surface area contributed by atoms with Crippen molar-refractivity contribution in [3.05, 3.63) is 66.1 Å². The van der Waals surface area contributed by atoms with Crippen LogP contribution in [-0.4, -0.2) is 35.3 Å². The number of benzene rings is 2. The number of H-pyrrole nitrogens is 1. The maximum Gasteiger partial charge on any atom is 0.270 e. The molecule has 0 fully saturated rings. The molecule has 0 saturated carbocycles. The van der Waals surface area contributed by atoms with E-state index in [1.165, 1.54) is 23.1 Å². The Kier molecular flexibility index (Phi) is 4.29. The van der Waals surface area contributed by atoms with E-state index in [1.54, 1.807) is 19.2 Å². The smallest absolute Gasteiger partial charge is 0.270 e. The minimum Gasteiger partial charge on any atom is -0.351 e. The maximum absolute atomic E-state index is 13.1. The van der Waals surface area contributed by atoms with Gasteiger partial charge in [0.15, 0.2) is 0 Å². The molecule has 2 aromatic carbocycles. The zero-order valence-electron chi connectivity index (χ0n) is 13.0. The summed E-state index contributed by atoms with van der Waals surface area (Å²) in [6.45, 7) is -0.134. The van der Waals surface area contributed by atoms with E-state index >= 15 is 0 Å². The first-order chi connectivity index (χ1) is 11.5. The molecule has 0 spiro atoms. The minimum absolute atomic E-state index is 0.134. The fourth-order valence-corrected chi connectivity index (χ4v) is 2.45. The normalized spacial score (nSPS) is 10.6. The summed E-state index contributed by atoms with van der Waals surface area (Å²) in [6, 6.07) is 14.9. The van der Waals surface area contributed by atoms with Crippen molar-refractivity contribution in [2.45, 2.75) is 0 Å². The van der Waals surface area contributed by atoms with Crippen molar-refractivity contribution in [1.82, 2.24) is 9.88 Å². The molecule has 0 unspecified atom stereocenters. The molecule has 3 rings (SSSR count). The largest absolute Gasteiger partial charge is 0.351 e. The van der Waals surface area contributed by atoms with E-state index in [1.807, 2.05) is 24.3 Å². The number of para-hydroxylation sites is 1. The summed E-state index contributed by atoms with van der Waals surface area (Å²) in [7, 11) is 1.54. The molecule has 0 aliphatic rings. The van der Waals surface area contributed by atoms with Gasteiger partial charge in [0, 0.05) is 23.6 Å². The molecule has 1 aromatic heterocycles. The Balaban J connectivity index is 1.66. The van der Waals surface area contributed by atoms with Crippen molar-refractivity contribution in [3.8, 4) is 0 Å². The predicted molar refractivity (Wildman–Crippen MR) is 90.3 cm³/mol. The summed E-state index contributed by atoms with van der Waals surface area (Å²) in [5, 5.41) is 3.49. The molecule has 24 heavy (non-hydrogen) atoms. The first kappa shape index (κ1) is 15.7. The van der Waals surface area contributed by atoms with Crippen LogP contribution in [-0.2, 0) is 4.79 Å². The van der Waals surface area contributed by atoms with Crippen molar-refractivity contribution in [1.29, 1.82) is 0 Å². The minimum atomic E-state index is -0.435. The number of hydrogen-bond donors (Lipinski definition) is 2. The van der Waals surface area contributed by atoms with Crippen LogP contribution in [0.1, 0.15) is 10.5 Å². The Morgan fingerprint density at radius 3 is 2.67 bits per heavy atom. The highest BCUT2D eigenvalue weighted by molar-refractivity contribution is 6.01. The van der Waals surface area contributed by atoms with Crippen LogP contribution in [0.5, 0.6) is 0 Å². The van der Waals surface area contributed by atoms with Crippen LogP contribution in [0.15, 0.2) is 54.6 Å². The number of amides is 2. The Morgan fingerprint density at radius 2 is 1.92 bits per heavy atom. The Labute approximate surface area is 138 Å². The third-order valence-corrected chi connectivity index (χ3v) is 3.60. The van der Waals surface area contributed by atoms with Crippen LogP contribution in [0.2, 0.25) is 0 Å². The average molecular weight is 325 g/mol. The molecule has 0 aliphatic carbocycles. The molecule has 2 N–H and O–H groups in total. The summed E-state index contributed by atoms with van der Waals surface area (Å²) >= 11 is 0. The van der Waals surface area contributed by atoms with Gasteiger partial charge in [-0.1, -0.05) is 24.3 Å². The van der Waals surface area contributed by atoms with Crippen LogP contribution in [0.4, 0.5) is 10.1 Å². The fraction of sp³-hybridized carbons (Fsp3) is 0.111. The summed E-state index contributed by atoms with van der Waals surface area (Å²) in [4.78, 5) is 28.8. The lowest BCUT2D eigenvalue weighted by atomic mass is 10.2. The maximum atomic E-state index is 13.1. The number of aromatic amines is 1. The van der Waals surface area contributed by atoms with Gasteiger partial charge in [-0.3, -0.25) is 9.59 Å². The molecule has 6 heteroatoms. The van der Waals surface area contributed by atoms with E-state index in [4.69, 9.17) is 0 Å². The lowest BCUT2D eigenvalue weighted by Gasteiger charge is -2.16. The van der Waals surface area contributed by atoms with E-state index in [9.17, 15) is 14.0 Å². The van der Waals surface area contributed by atoms with Gasteiger partial charge in [0.2, 0.25) is 5.91 Å². The predicted octanol–water partition coefficient (Wildman–Crippen LogP) is 3.02. The molecule has 122 valence electrons. The highest BCUT2D eigenvalue weighted by Gasteiger charge is 2.17. The van der Waals surface area contributed by atoms with Crippen molar-refractivity contribution in [3.63, 3.8) is 0 Å². The van der Waals surface area contributed by atoms with Crippen LogP contribution in [0, 0.1) is 5.82 Å². The van der Waals surface area contributed by atoms with E-state index in [0.29, 0.717) is 11.4 Å². The van der Waals surface area contributed by atoms with Gasteiger partial charge in [-0.05, 0) is 30.3 Å². The van der Waals surface area contributed by atoms with Gasteiger partial charge in [-0.25, -0.2) is 4.39 Å². The van der Waals surface area contributed by atoms with Crippen LogP contribution < -0.4 is 5.32 Å². The summed E-state index contributed by atoms with van der Waals surface area (Å²) in [6.07, 6.45) is 0. The number of likely N-dealkylation sites (N-methyl/N-ethyl adjacent to an activating group) is 1. The molecular weight excluding hydrogens is 309 g/mol. The highest BCUT2D eigenvalue weighted by atomic mass is 19.1. The third-order valence-electron chi connectivity index (χ3n) is 3.60. The number of fused-ring (bicyclic) bond motifs is 1. The third kappa shape index (κ3) is 3.43. The van der Waals surface area contributed by atoms with Crippen molar-refractivity contribution >= 4 is 28.4 Å². The number of carbonyl (C=O) groups is 2. The fourth-order valence-electron chi connectivity index (χ4n) is 2.45. The topological polar surface area (TPSA) is 65.2 Å². The SMILES string of the molecule is CN(CC(=O)Nc1cccc(F)c1)C(=O)c1cc2ccccc2[nH]1. The van der Waals surface area contributed by atoms with Crippen molar-refractivity contribution in [2.24, 2.45) is 0 Å². The molecule has 0 saturated heterocycles. The monoisotopic (exact) mass is 325 g/mol. The van der Waals surface area contributed by atoms with Gasteiger partial charge in [0.25, 0.3) is 5.91 Å². The zero-order valence-corrected chi connectivity index (χ0v) is 13.0. The molecule has 3 aromatic rings. The van der Waals surface area contributed by atoms with E-state index in [-0.39, 0.29) is 12.5 Å². The number of carbonyl (C=O) groups excluding carboxylic acids is 2. The number of anilines is 1. The molecule has 0 atom stereocenters. The summed E-state index contributed by atoms with van der Waals surface area (Å²) in [5.74, 6) is -1.12. The summed E-state index contributed by atoms with van der Waals surface area (Å²) < 4.78 is 13.1. The second-order valence-electron chi connectivity index (χ2n) is 5.49. The zero-order chi connectivity index (χ0) is 17.1. The molecule has 1 heterocycles. The Morgan fingerprint density at radius 1 is 1.12 bits per heavy atom. The van der Waals surface area contributed by atoms with Crippen LogP contribution in [0.3, 0.4) is 0 Å². The Bertz CT molecular complexity index is 871. The lowest BCUT2D eigenvalue weighted by molar-refractivity contribution is -0.116. The number of rotatable bonds is 4. The molecule has 0 radical (unpaired) electrons. The standard InChI is InChI=1S/C18H16FN3O2/c1-22(11-17(23)20-14-7-4-6-13(19)10-14)18(24)16-9-12-5-2-3-8-15(12)21-16/h2-10,21H,11H2,1H3,(H,20,23). The van der Waals surface area contributed by atoms with Crippen molar-refractivity contribution < 1.29 is 14.0 Å². The quantitative estimate of drug-likeness (QED) is 0.774. The van der Waals surface area contributed by atoms with E-state index < -0.39 is 11.7 Å². The van der Waals surface area contributed by atoms with E-state index in [2.05, 4.69) is 10.3 Å². The number of halogens is 1. The van der Waals surface area contributed by atoms with Gasteiger partial charge < -0.3 is 15.2 Å². The number of hydrogen-bond acceptors (Lipinski definition) is 2. The number of aromatic nitrogens is 1. The first-order valence-electron chi connectivity index (χ1n) is 7.41. The highest BCUT2D eigenvalue weighted by Crippen LogP contribution is 2.16. The average Bonchev–Trinajstić information content (AvgIpc) is 2.97. The molecule has 0 bridgehead atoms. The Hall–Kier alpha value is -3.15. The number of nitrogens with zero attached hydrogens (tertiary/aromatic N) is 1. The van der Waals surface area contributed by atoms with Crippen LogP contribution >= 0.6 is 0 Å². The second kappa shape index (κ2) is 6.54. The van der Waals surface area contributed by atoms with Gasteiger partial charge in [-0.15, -0.1) is 0 Å². The summed E-state index contributed by atoms with van der Waals surface area (Å²) in [5.41, 5.74) is 1.63. The van der Waals surface area contributed by atoms with Crippen molar-refractivity contribution in [2.75, 3.05) is 18.9 Å². The van der Waals surface area contributed by atoms with Gasteiger partial charge in [0.1, 0.15) is 11.5 Å². The van der Waals surface area contributed by atoms with Gasteiger partial charge in [0.05, 0.1) is 6.54 Å². The first-order valence-corrected chi connectivity index (χ1v) is 7.41. The van der Waals surface area contributed by atoms with E-state index in [0.717, 1.165) is 10.9 Å². The van der Waals surface area contributed by atoms with Gasteiger partial charge >= 0.3 is 0 Å². The molecular formula is C18H16FN3O2. The molecule has 0 aliphatic heterocycles. The van der Waals surface area contributed by atoms with Gasteiger partial charge in [-0.2, -0.15) is 0 Å². The molecule has 5 nitrogen and oxygen atoms in total. The molecule has 2 amide bonds. The van der Waals surface area contributed by atoms with Crippen LogP contribution in [0.25, 0.3) is 10.9 Å². The number of nitrogens with one attached hydrogen (secondary N) is 2.